The smallest absolute Gasteiger partial charge is 0.290 e. The minimum atomic E-state index is 0.926. The third-order valence-corrected chi connectivity index (χ3v) is 1.43. The van der Waals surface area contributed by atoms with E-state index in [0.29, 0.717) is 0 Å². The van der Waals surface area contributed by atoms with Crippen LogP contribution >= 0.6 is 0 Å². The Bertz CT molecular complexity index is 351. The van der Waals surface area contributed by atoms with Crippen molar-refractivity contribution in [2.24, 2.45) is 7.05 Å². The lowest BCUT2D eigenvalue weighted by Crippen LogP contribution is -2.29. The lowest BCUT2D eigenvalue weighted by Gasteiger charge is -1.85. The maximum atomic E-state index is 4.09. The molecule has 0 bridgehead atoms. The summed E-state index contributed by atoms with van der Waals surface area (Å²) in [6.07, 6.45) is 5.14. The van der Waals surface area contributed by atoms with E-state index >= 15 is 0 Å². The van der Waals surface area contributed by atoms with Gasteiger partial charge in [0.1, 0.15) is 6.20 Å². The summed E-state index contributed by atoms with van der Waals surface area (Å²) in [5.74, 6) is 0. The highest BCUT2D eigenvalue weighted by Crippen LogP contribution is 1.97. The van der Waals surface area contributed by atoms with Gasteiger partial charge in [0.05, 0.1) is 7.05 Å². The number of hydrogen-bond acceptors (Lipinski definition) is 2. The van der Waals surface area contributed by atoms with Gasteiger partial charge in [-0.25, -0.2) is 4.57 Å². The van der Waals surface area contributed by atoms with Crippen molar-refractivity contribution in [3.8, 4) is 0 Å². The van der Waals surface area contributed by atoms with E-state index in [9.17, 15) is 0 Å². The van der Waals surface area contributed by atoms with Crippen LogP contribution in [0.2, 0.25) is 0 Å². The summed E-state index contributed by atoms with van der Waals surface area (Å²) >= 11 is 0. The van der Waals surface area contributed by atoms with Gasteiger partial charge in [-0.3, -0.25) is 0 Å². The first-order valence-corrected chi connectivity index (χ1v) is 3.00. The Morgan fingerprint density at radius 2 is 2.50 bits per heavy atom. The summed E-state index contributed by atoms with van der Waals surface area (Å²) in [5.41, 5.74) is 1.89. The minimum absolute atomic E-state index is 0.926. The second-order valence-corrected chi connectivity index (χ2v) is 2.14. The Labute approximate surface area is 57.6 Å². The summed E-state index contributed by atoms with van der Waals surface area (Å²) in [6.45, 7) is 0. The van der Waals surface area contributed by atoms with Crippen LogP contribution in [0.1, 0.15) is 0 Å². The minimum Gasteiger partial charge on any atom is -0.325 e. The quantitative estimate of drug-likeness (QED) is 0.508. The molecule has 2 aromatic heterocycles. The molecule has 50 valence electrons. The molecule has 0 amide bonds. The highest BCUT2D eigenvalue weighted by molar-refractivity contribution is 5.64. The molecule has 0 aliphatic carbocycles. The van der Waals surface area contributed by atoms with Gasteiger partial charge in [0.2, 0.25) is 6.33 Å². The van der Waals surface area contributed by atoms with Gasteiger partial charge < -0.3 is 4.98 Å². The lowest BCUT2D eigenvalue weighted by molar-refractivity contribution is -0.649. The van der Waals surface area contributed by atoms with Gasteiger partial charge in [0, 0.05) is 0 Å². The molecule has 0 fully saturated rings. The van der Waals surface area contributed by atoms with E-state index in [1.54, 1.807) is 18.9 Å². The van der Waals surface area contributed by atoms with E-state index < -0.39 is 0 Å². The fourth-order valence-electron chi connectivity index (χ4n) is 0.936. The molecule has 0 spiro atoms. The predicted octanol–water partition coefficient (Wildman–Crippen LogP) is -0.218. The van der Waals surface area contributed by atoms with E-state index in [1.807, 2.05) is 11.6 Å². The Morgan fingerprint density at radius 3 is 3.30 bits per heavy atom. The molecule has 0 atom stereocenters. The van der Waals surface area contributed by atoms with Crippen molar-refractivity contribution in [2.45, 2.75) is 0 Å². The zero-order valence-corrected chi connectivity index (χ0v) is 5.57. The molecule has 0 aliphatic heterocycles. The lowest BCUT2D eigenvalue weighted by atomic mass is 10.5. The Hall–Kier alpha value is -1.45. The average Bonchev–Trinajstić information content (AvgIpc) is 2.36. The monoisotopic (exact) mass is 135 g/mol. The third-order valence-electron chi connectivity index (χ3n) is 1.43. The molecule has 4 nitrogen and oxygen atoms in total. The number of rotatable bonds is 0. The first-order chi connectivity index (χ1) is 4.88. The number of imidazole rings is 1. The Morgan fingerprint density at radius 1 is 1.60 bits per heavy atom. The summed E-state index contributed by atoms with van der Waals surface area (Å²) in [6, 6.07) is 0. The average molecular weight is 135 g/mol. The second-order valence-electron chi connectivity index (χ2n) is 2.14. The number of nitrogens with one attached hydrogen (secondary N) is 1. The summed E-state index contributed by atoms with van der Waals surface area (Å²) in [4.78, 5) is 11.0. The number of H-pyrrole nitrogens is 1. The molecular weight excluding hydrogens is 128 g/mol. The Kier molecular flexibility index (Phi) is 0.943. The van der Waals surface area contributed by atoms with E-state index in [0.717, 1.165) is 11.2 Å². The van der Waals surface area contributed by atoms with Gasteiger partial charge in [-0.15, -0.1) is 4.98 Å². The maximum Gasteiger partial charge on any atom is 0.290 e. The third kappa shape index (κ3) is 0.586. The number of aryl methyl sites for hydroxylation is 1. The molecule has 0 aromatic carbocycles. The zero-order chi connectivity index (χ0) is 6.97. The normalized spacial score (nSPS) is 10.5. The van der Waals surface area contributed by atoms with Crippen LogP contribution in [-0.2, 0) is 7.05 Å². The molecule has 0 aliphatic rings. The van der Waals surface area contributed by atoms with Gasteiger partial charge in [0.15, 0.2) is 11.8 Å². The van der Waals surface area contributed by atoms with Crippen LogP contribution < -0.4 is 4.57 Å². The van der Waals surface area contributed by atoms with Crippen LogP contribution in [-0.4, -0.2) is 15.0 Å². The molecule has 2 rings (SSSR count). The van der Waals surface area contributed by atoms with Crippen molar-refractivity contribution in [3.05, 3.63) is 18.9 Å². The van der Waals surface area contributed by atoms with Crippen molar-refractivity contribution in [3.63, 3.8) is 0 Å². The fourth-order valence-corrected chi connectivity index (χ4v) is 0.936. The molecule has 1 N–H and O–H groups in total. The summed E-state index contributed by atoms with van der Waals surface area (Å²) in [5, 5.41) is 0. The largest absolute Gasteiger partial charge is 0.325 e. The van der Waals surface area contributed by atoms with Crippen LogP contribution in [0.4, 0.5) is 0 Å². The summed E-state index contributed by atoms with van der Waals surface area (Å²) in [7, 11) is 1.91. The fraction of sp³-hybridized carbons (Fsp3) is 0.167. The van der Waals surface area contributed by atoms with Crippen molar-refractivity contribution in [1.29, 1.82) is 0 Å². The standard InChI is InChI=1S/C6H6N4/c1-10-4-7-2-5-6(10)9-3-8-5/h2-4H,1H3/p+1. The molecule has 0 saturated carbocycles. The van der Waals surface area contributed by atoms with Crippen molar-refractivity contribution in [1.82, 2.24) is 15.0 Å². The number of nitrogens with zero attached hydrogens (tertiary/aromatic N) is 3. The first-order valence-electron chi connectivity index (χ1n) is 3.00. The number of aromatic nitrogens is 4. The van der Waals surface area contributed by atoms with E-state index in [2.05, 4.69) is 15.0 Å². The van der Waals surface area contributed by atoms with Gasteiger partial charge in [-0.05, 0) is 0 Å². The van der Waals surface area contributed by atoms with Crippen LogP contribution in [0.25, 0.3) is 11.2 Å². The Balaban J connectivity index is 2.95. The molecule has 2 aromatic rings. The number of fused-ring (bicyclic) bond motifs is 1. The van der Waals surface area contributed by atoms with Crippen LogP contribution in [0, 0.1) is 0 Å². The zero-order valence-electron chi connectivity index (χ0n) is 5.57. The molecule has 0 unspecified atom stereocenters. The van der Waals surface area contributed by atoms with Gasteiger partial charge >= 0.3 is 0 Å². The first kappa shape index (κ1) is 5.34. The van der Waals surface area contributed by atoms with E-state index in [1.165, 1.54) is 0 Å². The van der Waals surface area contributed by atoms with Gasteiger partial charge in [0.25, 0.3) is 5.65 Å². The highest BCUT2D eigenvalue weighted by atomic mass is 15.1. The molecule has 10 heavy (non-hydrogen) atoms. The van der Waals surface area contributed by atoms with Crippen molar-refractivity contribution < 1.29 is 4.57 Å². The van der Waals surface area contributed by atoms with Crippen LogP contribution in [0.15, 0.2) is 18.9 Å². The van der Waals surface area contributed by atoms with Gasteiger partial charge in [-0.2, -0.15) is 0 Å². The van der Waals surface area contributed by atoms with Crippen LogP contribution in [0.5, 0.6) is 0 Å². The van der Waals surface area contributed by atoms with Crippen molar-refractivity contribution in [2.75, 3.05) is 0 Å². The van der Waals surface area contributed by atoms with Crippen molar-refractivity contribution >= 4 is 11.2 Å². The van der Waals surface area contributed by atoms with Crippen LogP contribution in [0.3, 0.4) is 0 Å². The predicted molar refractivity (Wildman–Crippen MR) is 35.1 cm³/mol. The van der Waals surface area contributed by atoms with E-state index in [-0.39, 0.29) is 0 Å². The summed E-state index contributed by atoms with van der Waals surface area (Å²) < 4.78 is 1.87. The number of aromatic amines is 1. The van der Waals surface area contributed by atoms with Gasteiger partial charge in [-0.1, -0.05) is 4.98 Å². The van der Waals surface area contributed by atoms with E-state index in [4.69, 9.17) is 0 Å². The topological polar surface area (TPSA) is 45.5 Å². The second kappa shape index (κ2) is 1.76. The SMILES string of the molecule is C[n+]1cncc2[nH]cnc21. The molecular formula is C6H7N4+. The molecule has 2 heterocycles. The molecule has 0 saturated heterocycles. The molecule has 4 heteroatoms. The highest BCUT2D eigenvalue weighted by Gasteiger charge is 2.03. The number of hydrogen-bond donors (Lipinski definition) is 1. The molecule has 0 radical (unpaired) electrons. The maximum absolute atomic E-state index is 4.09.